The van der Waals surface area contributed by atoms with Crippen LogP contribution in [0.4, 0.5) is 11.4 Å². The van der Waals surface area contributed by atoms with Crippen molar-refractivity contribution in [3.8, 4) is 0 Å². The lowest BCUT2D eigenvalue weighted by atomic mass is 9.88. The molecule has 2 aromatic rings. The zero-order valence-electron chi connectivity index (χ0n) is 18.3. The summed E-state index contributed by atoms with van der Waals surface area (Å²) in [6.07, 6.45) is 3.33. The second-order valence-electron chi connectivity index (χ2n) is 8.25. The highest BCUT2D eigenvalue weighted by Crippen LogP contribution is 2.34. The Kier molecular flexibility index (Phi) is 7.63. The number of anilines is 2. The number of halogens is 1. The van der Waals surface area contributed by atoms with E-state index in [-0.39, 0.29) is 0 Å². The summed E-state index contributed by atoms with van der Waals surface area (Å²) in [5, 5.41) is 0. The molecule has 2 aromatic carbocycles. The van der Waals surface area contributed by atoms with Crippen LogP contribution in [0.1, 0.15) is 30.4 Å². The van der Waals surface area contributed by atoms with Crippen molar-refractivity contribution >= 4 is 28.5 Å². The quantitative estimate of drug-likeness (QED) is 0.569. The van der Waals surface area contributed by atoms with E-state index in [9.17, 15) is 0 Å². The molecular formula is C25H34ClN3. The fraction of sp³-hybridized carbons (Fsp3) is 0.440. The molecule has 0 bridgehead atoms. The molecule has 1 aliphatic heterocycles. The van der Waals surface area contributed by atoms with E-state index in [1.807, 2.05) is 0 Å². The summed E-state index contributed by atoms with van der Waals surface area (Å²) in [4.78, 5) is 6.85. The standard InChI is InChI=1S/C25H34ClN3/c1-27(2)23-10-6-20(7-11-23)25(21-8-12-24(13-9-21)28(3)4)22-14-18-29(19-15-22)17-5-16-26/h6-13H,5,14-19H2,1-4H3. The Labute approximate surface area is 181 Å². The summed E-state index contributed by atoms with van der Waals surface area (Å²) in [7, 11) is 8.35. The number of rotatable bonds is 7. The highest BCUT2D eigenvalue weighted by Gasteiger charge is 2.19. The van der Waals surface area contributed by atoms with E-state index < -0.39 is 0 Å². The van der Waals surface area contributed by atoms with Gasteiger partial charge in [-0.2, -0.15) is 0 Å². The van der Waals surface area contributed by atoms with Crippen LogP contribution >= 0.6 is 11.6 Å². The van der Waals surface area contributed by atoms with Crippen LogP contribution in [0.2, 0.25) is 0 Å². The van der Waals surface area contributed by atoms with Crippen molar-refractivity contribution in [3.05, 3.63) is 65.2 Å². The molecule has 0 aliphatic carbocycles. The van der Waals surface area contributed by atoms with Gasteiger partial charge in [-0.3, -0.25) is 0 Å². The molecule has 0 amide bonds. The van der Waals surface area contributed by atoms with Gasteiger partial charge in [0.1, 0.15) is 0 Å². The minimum Gasteiger partial charge on any atom is -0.378 e. The van der Waals surface area contributed by atoms with Crippen molar-refractivity contribution < 1.29 is 0 Å². The van der Waals surface area contributed by atoms with Gasteiger partial charge in [-0.05, 0) is 66.8 Å². The van der Waals surface area contributed by atoms with Gasteiger partial charge in [0.25, 0.3) is 0 Å². The van der Waals surface area contributed by atoms with Crippen molar-refractivity contribution in [1.82, 2.24) is 4.90 Å². The van der Waals surface area contributed by atoms with Crippen molar-refractivity contribution in [1.29, 1.82) is 0 Å². The Balaban J connectivity index is 1.93. The maximum atomic E-state index is 5.89. The number of likely N-dealkylation sites (tertiary alicyclic amines) is 1. The van der Waals surface area contributed by atoms with Crippen molar-refractivity contribution in [2.45, 2.75) is 19.3 Å². The first-order valence-electron chi connectivity index (χ1n) is 10.6. The zero-order valence-corrected chi connectivity index (χ0v) is 19.0. The lowest BCUT2D eigenvalue weighted by molar-refractivity contribution is 0.258. The Morgan fingerprint density at radius 3 is 1.62 bits per heavy atom. The fourth-order valence-corrected chi connectivity index (χ4v) is 4.13. The molecule has 29 heavy (non-hydrogen) atoms. The predicted molar refractivity (Wildman–Crippen MR) is 129 cm³/mol. The average Bonchev–Trinajstić information content (AvgIpc) is 2.74. The molecule has 0 saturated carbocycles. The van der Waals surface area contributed by atoms with Crippen LogP contribution in [0.3, 0.4) is 0 Å². The molecule has 156 valence electrons. The lowest BCUT2D eigenvalue weighted by Crippen LogP contribution is -2.32. The third kappa shape index (κ3) is 5.55. The van der Waals surface area contributed by atoms with E-state index >= 15 is 0 Å². The summed E-state index contributed by atoms with van der Waals surface area (Å²) in [6.45, 7) is 3.36. The van der Waals surface area contributed by atoms with Gasteiger partial charge in [0.05, 0.1) is 0 Å². The zero-order chi connectivity index (χ0) is 20.8. The fourth-order valence-electron chi connectivity index (χ4n) is 4.01. The number of hydrogen-bond donors (Lipinski definition) is 0. The highest BCUT2D eigenvalue weighted by molar-refractivity contribution is 6.17. The van der Waals surface area contributed by atoms with Crippen LogP contribution in [0.25, 0.3) is 5.57 Å². The third-order valence-corrected chi connectivity index (χ3v) is 6.03. The van der Waals surface area contributed by atoms with Crippen LogP contribution in [0, 0.1) is 0 Å². The van der Waals surface area contributed by atoms with Crippen LogP contribution < -0.4 is 9.80 Å². The first-order chi connectivity index (χ1) is 14.0. The number of nitrogens with zero attached hydrogens (tertiary/aromatic N) is 3. The molecule has 1 heterocycles. The highest BCUT2D eigenvalue weighted by atomic mass is 35.5. The minimum atomic E-state index is 0.751. The van der Waals surface area contributed by atoms with Gasteiger partial charge in [-0.1, -0.05) is 29.8 Å². The molecular weight excluding hydrogens is 378 g/mol. The van der Waals surface area contributed by atoms with Gasteiger partial charge in [-0.15, -0.1) is 11.6 Å². The number of benzene rings is 2. The van der Waals surface area contributed by atoms with Gasteiger partial charge in [0.2, 0.25) is 0 Å². The second-order valence-corrected chi connectivity index (χ2v) is 8.62. The van der Waals surface area contributed by atoms with Crippen molar-refractivity contribution in [3.63, 3.8) is 0 Å². The minimum absolute atomic E-state index is 0.751. The summed E-state index contributed by atoms with van der Waals surface area (Å²) in [5.41, 5.74) is 8.09. The number of alkyl halides is 1. The van der Waals surface area contributed by atoms with E-state index in [0.717, 1.165) is 44.8 Å². The van der Waals surface area contributed by atoms with Gasteiger partial charge >= 0.3 is 0 Å². The molecule has 0 unspecified atom stereocenters. The summed E-state index contributed by atoms with van der Waals surface area (Å²) in [6, 6.07) is 18.0. The average molecular weight is 412 g/mol. The van der Waals surface area contributed by atoms with Crippen LogP contribution in [-0.2, 0) is 0 Å². The van der Waals surface area contributed by atoms with E-state index in [2.05, 4.69) is 91.4 Å². The van der Waals surface area contributed by atoms with Crippen molar-refractivity contribution in [2.75, 3.05) is 63.5 Å². The number of hydrogen-bond acceptors (Lipinski definition) is 3. The largest absolute Gasteiger partial charge is 0.378 e. The van der Waals surface area contributed by atoms with Crippen molar-refractivity contribution in [2.24, 2.45) is 0 Å². The van der Waals surface area contributed by atoms with Crippen LogP contribution in [-0.4, -0.2) is 58.6 Å². The molecule has 1 aliphatic rings. The monoisotopic (exact) mass is 411 g/mol. The SMILES string of the molecule is CN(C)c1ccc(C(=C2CCN(CCCCl)CC2)c2ccc(N(C)C)cc2)cc1. The molecule has 0 N–H and O–H groups in total. The summed E-state index contributed by atoms with van der Waals surface area (Å²) in [5.74, 6) is 0.751. The second kappa shape index (κ2) is 10.2. The van der Waals surface area contributed by atoms with E-state index in [0.29, 0.717) is 0 Å². The molecule has 1 fully saturated rings. The van der Waals surface area contributed by atoms with Crippen LogP contribution in [0.15, 0.2) is 54.1 Å². The van der Waals surface area contributed by atoms with E-state index in [1.54, 1.807) is 5.57 Å². The predicted octanol–water partition coefficient (Wildman–Crippen LogP) is 5.35. The number of piperidine rings is 1. The smallest absolute Gasteiger partial charge is 0.0361 e. The molecule has 3 nitrogen and oxygen atoms in total. The first kappa shape index (κ1) is 21.7. The van der Waals surface area contributed by atoms with E-state index in [1.165, 1.54) is 28.1 Å². The third-order valence-electron chi connectivity index (χ3n) is 5.77. The normalized spacial score (nSPS) is 14.7. The molecule has 0 radical (unpaired) electrons. The Morgan fingerprint density at radius 1 is 0.793 bits per heavy atom. The summed E-state index contributed by atoms with van der Waals surface area (Å²) < 4.78 is 0. The molecule has 0 spiro atoms. The summed E-state index contributed by atoms with van der Waals surface area (Å²) >= 11 is 5.89. The molecule has 1 saturated heterocycles. The Morgan fingerprint density at radius 2 is 1.24 bits per heavy atom. The van der Waals surface area contributed by atoms with Crippen LogP contribution in [0.5, 0.6) is 0 Å². The maximum Gasteiger partial charge on any atom is 0.0361 e. The molecule has 3 rings (SSSR count). The first-order valence-corrected chi connectivity index (χ1v) is 11.1. The molecule has 0 aromatic heterocycles. The maximum absolute atomic E-state index is 5.89. The molecule has 4 heteroatoms. The van der Waals surface area contributed by atoms with E-state index in [4.69, 9.17) is 11.6 Å². The Hall–Kier alpha value is -1.97. The van der Waals surface area contributed by atoms with Gasteiger partial charge < -0.3 is 14.7 Å². The van der Waals surface area contributed by atoms with Gasteiger partial charge in [-0.25, -0.2) is 0 Å². The lowest BCUT2D eigenvalue weighted by Gasteiger charge is -2.30. The Bertz CT molecular complexity index is 743. The molecule has 0 atom stereocenters. The van der Waals surface area contributed by atoms with Gasteiger partial charge in [0.15, 0.2) is 0 Å². The topological polar surface area (TPSA) is 9.72 Å². The van der Waals surface area contributed by atoms with Gasteiger partial charge in [0, 0.05) is 58.5 Å².